The van der Waals surface area contributed by atoms with Gasteiger partial charge in [-0.15, -0.1) is 0 Å². The van der Waals surface area contributed by atoms with E-state index < -0.39 is 0 Å². The maximum atomic E-state index is 10.9. The molecule has 1 radical (unpaired) electrons. The van der Waals surface area contributed by atoms with Crippen LogP contribution in [0, 0.1) is 6.92 Å². The Morgan fingerprint density at radius 3 is 2.55 bits per heavy atom. The Hall–Kier alpha value is -1.11. The summed E-state index contributed by atoms with van der Waals surface area (Å²) in [5, 5.41) is 0. The number of ketones is 1. The van der Waals surface area contributed by atoms with Crippen LogP contribution in [0.15, 0.2) is 24.3 Å². The lowest BCUT2D eigenvalue weighted by molar-refractivity contribution is 0.104. The average Bonchev–Trinajstić information content (AvgIpc) is 2.04. The molecular formula is C10H11O. The second kappa shape index (κ2) is 3.33. The van der Waals surface area contributed by atoms with Crippen LogP contribution >= 0.6 is 0 Å². The normalized spacial score (nSPS) is 9.64. The van der Waals surface area contributed by atoms with Gasteiger partial charge in [0.2, 0.25) is 0 Å². The van der Waals surface area contributed by atoms with Crippen molar-refractivity contribution in [2.75, 3.05) is 0 Å². The molecule has 0 bridgehead atoms. The minimum atomic E-state index is -0.0950. The van der Waals surface area contributed by atoms with E-state index in [-0.39, 0.29) is 5.78 Å². The first-order chi connectivity index (χ1) is 5.25. The van der Waals surface area contributed by atoms with Crippen molar-refractivity contribution in [2.24, 2.45) is 0 Å². The van der Waals surface area contributed by atoms with Crippen LogP contribution < -0.4 is 0 Å². The second-order valence-electron chi connectivity index (χ2n) is 2.43. The number of carbonyl (C=O) groups excluding carboxylic acids is 1. The third kappa shape index (κ3) is 1.67. The zero-order chi connectivity index (χ0) is 8.27. The Morgan fingerprint density at radius 1 is 1.45 bits per heavy atom. The summed E-state index contributed by atoms with van der Waals surface area (Å²) in [5.74, 6) is -0.0950. The average molecular weight is 147 g/mol. The van der Waals surface area contributed by atoms with Crippen molar-refractivity contribution in [3.63, 3.8) is 0 Å². The van der Waals surface area contributed by atoms with E-state index in [0.29, 0.717) is 0 Å². The SMILES string of the molecule is [CH2]C(=O)c1ccccc1CC. The zero-order valence-electron chi connectivity index (χ0n) is 6.63. The summed E-state index contributed by atoms with van der Waals surface area (Å²) >= 11 is 0. The minimum Gasteiger partial charge on any atom is -0.294 e. The molecule has 1 rings (SSSR count). The summed E-state index contributed by atoms with van der Waals surface area (Å²) in [7, 11) is 0. The molecule has 0 unspecified atom stereocenters. The summed E-state index contributed by atoms with van der Waals surface area (Å²) in [6, 6.07) is 7.56. The molecule has 1 aromatic carbocycles. The maximum absolute atomic E-state index is 10.9. The van der Waals surface area contributed by atoms with E-state index in [0.717, 1.165) is 17.5 Å². The smallest absolute Gasteiger partial charge is 0.163 e. The van der Waals surface area contributed by atoms with E-state index in [1.54, 1.807) is 0 Å². The predicted molar refractivity (Wildman–Crippen MR) is 45.5 cm³/mol. The van der Waals surface area contributed by atoms with E-state index in [1.807, 2.05) is 31.2 Å². The Kier molecular flexibility index (Phi) is 2.42. The lowest BCUT2D eigenvalue weighted by Crippen LogP contribution is -1.97. The first kappa shape index (κ1) is 7.99. The van der Waals surface area contributed by atoms with Crippen LogP contribution in [0.4, 0.5) is 0 Å². The van der Waals surface area contributed by atoms with Crippen LogP contribution in [0.3, 0.4) is 0 Å². The summed E-state index contributed by atoms with van der Waals surface area (Å²) in [4.78, 5) is 10.9. The molecule has 1 nitrogen and oxygen atoms in total. The number of benzene rings is 1. The Balaban J connectivity index is 3.12. The molecule has 0 aliphatic rings. The third-order valence-corrected chi connectivity index (χ3v) is 1.70. The van der Waals surface area contributed by atoms with Gasteiger partial charge < -0.3 is 0 Å². The van der Waals surface area contributed by atoms with Gasteiger partial charge in [-0.25, -0.2) is 0 Å². The van der Waals surface area contributed by atoms with E-state index in [2.05, 4.69) is 6.92 Å². The lowest BCUT2D eigenvalue weighted by atomic mass is 10.0. The summed E-state index contributed by atoms with van der Waals surface area (Å²) in [5.41, 5.74) is 1.82. The molecule has 1 heteroatoms. The monoisotopic (exact) mass is 147 g/mol. The molecule has 57 valence electrons. The Morgan fingerprint density at radius 2 is 2.09 bits per heavy atom. The number of Topliss-reactive ketones (excluding diaryl/α,β-unsaturated/α-hetero) is 1. The van der Waals surface area contributed by atoms with Crippen molar-refractivity contribution < 1.29 is 4.79 Å². The van der Waals surface area contributed by atoms with Gasteiger partial charge in [-0.05, 0) is 12.0 Å². The van der Waals surface area contributed by atoms with Crippen LogP contribution in [-0.2, 0) is 6.42 Å². The van der Waals surface area contributed by atoms with Gasteiger partial charge in [0, 0.05) is 12.5 Å². The highest BCUT2D eigenvalue weighted by atomic mass is 16.1. The Bertz CT molecular complexity index is 263. The van der Waals surface area contributed by atoms with Crippen LogP contribution in [0.2, 0.25) is 0 Å². The van der Waals surface area contributed by atoms with Crippen molar-refractivity contribution in [3.05, 3.63) is 42.3 Å². The van der Waals surface area contributed by atoms with Gasteiger partial charge in [-0.1, -0.05) is 31.2 Å². The molecule has 0 saturated heterocycles. The van der Waals surface area contributed by atoms with Crippen molar-refractivity contribution in [1.82, 2.24) is 0 Å². The number of hydrogen-bond acceptors (Lipinski definition) is 1. The van der Waals surface area contributed by atoms with Crippen LogP contribution in [0.25, 0.3) is 0 Å². The highest BCUT2D eigenvalue weighted by Gasteiger charge is 2.02. The minimum absolute atomic E-state index is 0.0950. The summed E-state index contributed by atoms with van der Waals surface area (Å²) in [6.45, 7) is 5.41. The van der Waals surface area contributed by atoms with Gasteiger partial charge in [0.25, 0.3) is 0 Å². The highest BCUT2D eigenvalue weighted by molar-refractivity contribution is 6.00. The van der Waals surface area contributed by atoms with Gasteiger partial charge in [0.1, 0.15) is 0 Å². The topological polar surface area (TPSA) is 17.1 Å². The second-order valence-corrected chi connectivity index (χ2v) is 2.43. The number of rotatable bonds is 2. The molecule has 0 aromatic heterocycles. The van der Waals surface area contributed by atoms with Crippen LogP contribution in [0.5, 0.6) is 0 Å². The molecule has 0 saturated carbocycles. The van der Waals surface area contributed by atoms with Gasteiger partial charge in [0.05, 0.1) is 0 Å². The molecule has 0 atom stereocenters. The van der Waals surface area contributed by atoms with E-state index in [9.17, 15) is 4.79 Å². The molecule has 0 N–H and O–H groups in total. The quantitative estimate of drug-likeness (QED) is 0.586. The fourth-order valence-corrected chi connectivity index (χ4v) is 1.10. The van der Waals surface area contributed by atoms with Crippen molar-refractivity contribution in [1.29, 1.82) is 0 Å². The molecule has 11 heavy (non-hydrogen) atoms. The van der Waals surface area contributed by atoms with Crippen molar-refractivity contribution >= 4 is 5.78 Å². The third-order valence-electron chi connectivity index (χ3n) is 1.70. The van der Waals surface area contributed by atoms with Crippen LogP contribution in [0.1, 0.15) is 22.8 Å². The van der Waals surface area contributed by atoms with Gasteiger partial charge in [0.15, 0.2) is 5.78 Å². The summed E-state index contributed by atoms with van der Waals surface area (Å²) in [6.07, 6.45) is 0.886. The largest absolute Gasteiger partial charge is 0.294 e. The number of carbonyl (C=O) groups is 1. The molecule has 0 amide bonds. The predicted octanol–water partition coefficient (Wildman–Crippen LogP) is 2.27. The molecular weight excluding hydrogens is 136 g/mol. The highest BCUT2D eigenvalue weighted by Crippen LogP contribution is 2.09. The van der Waals surface area contributed by atoms with Crippen molar-refractivity contribution in [2.45, 2.75) is 13.3 Å². The summed E-state index contributed by atoms with van der Waals surface area (Å²) < 4.78 is 0. The van der Waals surface area contributed by atoms with E-state index >= 15 is 0 Å². The van der Waals surface area contributed by atoms with Gasteiger partial charge >= 0.3 is 0 Å². The molecule has 0 fully saturated rings. The molecule has 0 spiro atoms. The standard InChI is InChI=1S/C10H11O/c1-3-9-6-4-5-7-10(9)8(2)11/h4-7H,2-3H2,1H3. The van der Waals surface area contributed by atoms with Crippen molar-refractivity contribution in [3.8, 4) is 0 Å². The maximum Gasteiger partial charge on any atom is 0.163 e. The fraction of sp³-hybridized carbons (Fsp3) is 0.200. The fourth-order valence-electron chi connectivity index (χ4n) is 1.10. The van der Waals surface area contributed by atoms with Crippen LogP contribution in [-0.4, -0.2) is 5.78 Å². The molecule has 0 heterocycles. The molecule has 0 aliphatic heterocycles. The van der Waals surface area contributed by atoms with Gasteiger partial charge in [-0.2, -0.15) is 0 Å². The van der Waals surface area contributed by atoms with E-state index in [1.165, 1.54) is 0 Å². The lowest BCUT2D eigenvalue weighted by Gasteiger charge is -2.01. The zero-order valence-corrected chi connectivity index (χ0v) is 6.63. The first-order valence-electron chi connectivity index (χ1n) is 3.70. The Labute approximate surface area is 67.1 Å². The van der Waals surface area contributed by atoms with Gasteiger partial charge in [-0.3, -0.25) is 4.79 Å². The molecule has 0 aliphatic carbocycles. The van der Waals surface area contributed by atoms with E-state index in [4.69, 9.17) is 0 Å². The first-order valence-corrected chi connectivity index (χ1v) is 3.70. The number of aryl methyl sites for hydroxylation is 1. The number of hydrogen-bond donors (Lipinski definition) is 0. The molecule has 1 aromatic rings.